The summed E-state index contributed by atoms with van der Waals surface area (Å²) in [6, 6.07) is 10.2. The first-order chi connectivity index (χ1) is 16.8. The van der Waals surface area contributed by atoms with Crippen LogP contribution in [0.1, 0.15) is 12.8 Å². The highest BCUT2D eigenvalue weighted by atomic mass is 35.5. The van der Waals surface area contributed by atoms with Crippen LogP contribution < -0.4 is 19.7 Å². The summed E-state index contributed by atoms with van der Waals surface area (Å²) in [4.78, 5) is 10.7. The highest BCUT2D eigenvalue weighted by molar-refractivity contribution is 6.32. The van der Waals surface area contributed by atoms with Crippen LogP contribution in [0.2, 0.25) is 5.02 Å². The van der Waals surface area contributed by atoms with E-state index < -0.39 is 12.7 Å². The highest BCUT2D eigenvalue weighted by Crippen LogP contribution is 2.40. The van der Waals surface area contributed by atoms with Crippen molar-refractivity contribution in [3.63, 3.8) is 0 Å². The Hall–Kier alpha value is -3.21. The van der Waals surface area contributed by atoms with Gasteiger partial charge in [0.25, 0.3) is 0 Å². The number of pyridine rings is 1. The number of para-hydroxylation sites is 1. The molecule has 1 saturated carbocycles. The van der Waals surface area contributed by atoms with Gasteiger partial charge in [-0.1, -0.05) is 23.7 Å². The standard InChI is InChI=1S/C23H24ClF3N6O2/c1-34-19-10-16(8-9-28-19)32-11-14-6-7-15(12-32)20(14)29-21-30-22(33(31-21)13-23(25,26)27)35-18-5-3-2-4-17(18)24/h2-5,8-10,14-15,20H,6-7,11-13H2,1H3,(H,29,31)/t14-,15+,20+. The van der Waals surface area contributed by atoms with Crippen LogP contribution in [0.15, 0.2) is 42.6 Å². The molecule has 2 bridgehead atoms. The largest absolute Gasteiger partial charge is 0.481 e. The van der Waals surface area contributed by atoms with Gasteiger partial charge in [0, 0.05) is 37.1 Å². The van der Waals surface area contributed by atoms with E-state index in [0.29, 0.717) is 10.6 Å². The van der Waals surface area contributed by atoms with Gasteiger partial charge in [-0.05, 0) is 42.9 Å². The van der Waals surface area contributed by atoms with Crippen molar-refractivity contribution >= 4 is 23.2 Å². The number of nitrogens with zero attached hydrogens (tertiary/aromatic N) is 5. The summed E-state index contributed by atoms with van der Waals surface area (Å²) in [6.07, 6.45) is -0.752. The molecular formula is C23H24ClF3N6O2. The molecule has 2 fully saturated rings. The monoisotopic (exact) mass is 508 g/mol. The third-order valence-electron chi connectivity index (χ3n) is 6.43. The van der Waals surface area contributed by atoms with Crippen LogP contribution in [0.4, 0.5) is 24.8 Å². The number of fused-ring (bicyclic) bond motifs is 2. The molecule has 0 spiro atoms. The SMILES string of the molecule is COc1cc(N2C[C@H]3CC[C@@H](C2)[C@H]3Nc2nc(Oc3ccccc3Cl)n(CC(F)(F)F)n2)ccn1. The minimum atomic E-state index is -4.49. The summed E-state index contributed by atoms with van der Waals surface area (Å²) >= 11 is 6.12. The molecule has 2 aromatic heterocycles. The summed E-state index contributed by atoms with van der Waals surface area (Å²) in [5, 5.41) is 7.64. The van der Waals surface area contributed by atoms with Crippen molar-refractivity contribution < 1.29 is 22.6 Å². The van der Waals surface area contributed by atoms with E-state index in [2.05, 4.69) is 25.3 Å². The van der Waals surface area contributed by atoms with Crippen molar-refractivity contribution in [2.45, 2.75) is 31.6 Å². The number of anilines is 2. The fourth-order valence-corrected chi connectivity index (χ4v) is 5.06. The molecule has 1 aliphatic carbocycles. The highest BCUT2D eigenvalue weighted by Gasteiger charge is 2.43. The Morgan fingerprint density at radius 1 is 1.14 bits per heavy atom. The second-order valence-corrected chi connectivity index (χ2v) is 9.16. The number of rotatable bonds is 7. The number of alkyl halides is 3. The number of aromatic nitrogens is 4. The van der Waals surface area contributed by atoms with Crippen molar-refractivity contribution in [3.05, 3.63) is 47.6 Å². The van der Waals surface area contributed by atoms with E-state index in [4.69, 9.17) is 21.1 Å². The summed E-state index contributed by atoms with van der Waals surface area (Å²) in [5.74, 6) is 1.45. The Balaban J connectivity index is 1.34. The third kappa shape index (κ3) is 5.24. The van der Waals surface area contributed by atoms with E-state index in [1.807, 2.05) is 12.1 Å². The second kappa shape index (κ2) is 9.44. The maximum atomic E-state index is 13.2. The molecule has 1 saturated heterocycles. The van der Waals surface area contributed by atoms with Crippen molar-refractivity contribution in [2.24, 2.45) is 11.8 Å². The van der Waals surface area contributed by atoms with Crippen LogP contribution in [-0.2, 0) is 6.54 Å². The van der Waals surface area contributed by atoms with Crippen LogP contribution >= 0.6 is 11.6 Å². The van der Waals surface area contributed by atoms with E-state index in [1.165, 1.54) is 0 Å². The average molecular weight is 509 g/mol. The van der Waals surface area contributed by atoms with Crippen molar-refractivity contribution in [2.75, 3.05) is 30.4 Å². The van der Waals surface area contributed by atoms with Gasteiger partial charge in [0.2, 0.25) is 11.8 Å². The molecule has 0 radical (unpaired) electrons. The lowest BCUT2D eigenvalue weighted by molar-refractivity contribution is -0.143. The first-order valence-electron chi connectivity index (χ1n) is 11.2. The Morgan fingerprint density at radius 3 is 2.57 bits per heavy atom. The van der Waals surface area contributed by atoms with E-state index >= 15 is 0 Å². The lowest BCUT2D eigenvalue weighted by atomic mass is 9.92. The van der Waals surface area contributed by atoms with Crippen molar-refractivity contribution in [3.8, 4) is 17.6 Å². The first kappa shape index (κ1) is 23.5. The van der Waals surface area contributed by atoms with Crippen LogP contribution in [0, 0.1) is 11.8 Å². The minimum Gasteiger partial charge on any atom is -0.481 e. The molecular weight excluding hydrogens is 485 g/mol. The molecule has 1 N–H and O–H groups in total. The van der Waals surface area contributed by atoms with Crippen LogP contribution in [0.5, 0.6) is 17.6 Å². The molecule has 1 aromatic carbocycles. The molecule has 3 heterocycles. The Bertz CT molecular complexity index is 1180. The zero-order valence-corrected chi connectivity index (χ0v) is 19.6. The van der Waals surface area contributed by atoms with Crippen LogP contribution in [0.25, 0.3) is 0 Å². The molecule has 35 heavy (non-hydrogen) atoms. The van der Waals surface area contributed by atoms with Crippen LogP contribution in [-0.4, -0.2) is 52.2 Å². The van der Waals surface area contributed by atoms with Gasteiger partial charge in [0.05, 0.1) is 12.1 Å². The van der Waals surface area contributed by atoms with E-state index in [9.17, 15) is 13.2 Å². The van der Waals surface area contributed by atoms with Gasteiger partial charge >= 0.3 is 12.2 Å². The summed E-state index contributed by atoms with van der Waals surface area (Å²) in [7, 11) is 1.58. The Labute approximate surface area is 205 Å². The number of hydrogen-bond donors (Lipinski definition) is 1. The van der Waals surface area contributed by atoms with Gasteiger partial charge in [-0.3, -0.25) is 0 Å². The Morgan fingerprint density at radius 2 is 1.89 bits per heavy atom. The molecule has 5 rings (SSSR count). The zero-order chi connectivity index (χ0) is 24.6. The van der Waals surface area contributed by atoms with Gasteiger partial charge in [-0.25, -0.2) is 9.67 Å². The van der Waals surface area contributed by atoms with E-state index in [0.717, 1.165) is 31.6 Å². The lowest BCUT2D eigenvalue weighted by Gasteiger charge is -2.39. The van der Waals surface area contributed by atoms with Gasteiger partial charge in [-0.15, -0.1) is 5.10 Å². The van der Waals surface area contributed by atoms with E-state index in [-0.39, 0.29) is 40.6 Å². The number of methoxy groups -OCH3 is 1. The van der Waals surface area contributed by atoms with Gasteiger partial charge in [0.1, 0.15) is 12.3 Å². The molecule has 8 nitrogen and oxygen atoms in total. The Kier molecular flexibility index (Phi) is 6.35. The maximum absolute atomic E-state index is 13.2. The second-order valence-electron chi connectivity index (χ2n) is 8.75. The summed E-state index contributed by atoms with van der Waals surface area (Å²) in [6.45, 7) is 0.276. The third-order valence-corrected chi connectivity index (χ3v) is 6.74. The quantitative estimate of drug-likeness (QED) is 0.480. The van der Waals surface area contributed by atoms with E-state index in [1.54, 1.807) is 37.6 Å². The topological polar surface area (TPSA) is 77.3 Å². The molecule has 0 amide bonds. The summed E-state index contributed by atoms with van der Waals surface area (Å²) in [5.41, 5.74) is 1.04. The number of benzene rings is 1. The van der Waals surface area contributed by atoms with Gasteiger partial charge < -0.3 is 19.7 Å². The molecule has 2 aliphatic rings. The normalized spacial score (nSPS) is 21.7. The number of nitrogens with one attached hydrogen (secondary N) is 1. The predicted molar refractivity (Wildman–Crippen MR) is 124 cm³/mol. The first-order valence-corrected chi connectivity index (χ1v) is 11.6. The fourth-order valence-electron chi connectivity index (χ4n) is 4.89. The average Bonchev–Trinajstić information content (AvgIpc) is 3.28. The van der Waals surface area contributed by atoms with Crippen molar-refractivity contribution in [1.29, 1.82) is 0 Å². The number of piperidine rings is 1. The predicted octanol–water partition coefficient (Wildman–Crippen LogP) is 5.02. The number of halogens is 4. The molecule has 12 heteroatoms. The molecule has 186 valence electrons. The minimum absolute atomic E-state index is 0.0462. The number of ether oxygens (including phenoxy) is 2. The molecule has 0 unspecified atom stereocenters. The smallest absolute Gasteiger partial charge is 0.408 e. The van der Waals surface area contributed by atoms with Gasteiger partial charge in [0.15, 0.2) is 0 Å². The molecule has 3 atom stereocenters. The van der Waals surface area contributed by atoms with Gasteiger partial charge in [-0.2, -0.15) is 18.2 Å². The lowest BCUT2D eigenvalue weighted by Crippen LogP contribution is -2.48. The fraction of sp³-hybridized carbons (Fsp3) is 0.435. The molecule has 3 aromatic rings. The summed E-state index contributed by atoms with van der Waals surface area (Å²) < 4.78 is 51.1. The maximum Gasteiger partial charge on any atom is 0.408 e. The zero-order valence-electron chi connectivity index (χ0n) is 18.9. The van der Waals surface area contributed by atoms with Crippen LogP contribution in [0.3, 0.4) is 0 Å². The number of hydrogen-bond acceptors (Lipinski definition) is 7. The van der Waals surface area contributed by atoms with Crippen molar-refractivity contribution in [1.82, 2.24) is 19.7 Å². The molecule has 1 aliphatic heterocycles.